The fraction of sp³-hybridized carbons (Fsp3) is 0.429. The van der Waals surface area contributed by atoms with Crippen molar-refractivity contribution in [1.29, 1.82) is 0 Å². The molecule has 0 heterocycles. The molecule has 0 aliphatic carbocycles. The van der Waals surface area contributed by atoms with Gasteiger partial charge in [-0.2, -0.15) is 11.8 Å². The van der Waals surface area contributed by atoms with Crippen molar-refractivity contribution in [2.45, 2.75) is 17.4 Å². The fourth-order valence-corrected chi connectivity index (χ4v) is 2.49. The first kappa shape index (κ1) is 16.9. The average Bonchev–Trinajstić information content (AvgIpc) is 2.50. The molecule has 1 aromatic carbocycles. The molecule has 0 saturated carbocycles. The van der Waals surface area contributed by atoms with Crippen molar-refractivity contribution in [2.24, 2.45) is 0 Å². The number of thioether (sulfide) groups is 2. The minimum absolute atomic E-state index is 0.255. The number of ether oxygens (including phenoxy) is 1. The largest absolute Gasteiger partial charge is 0.467 e. The highest BCUT2D eigenvalue weighted by atomic mass is 32.2. The van der Waals surface area contributed by atoms with E-state index < -0.39 is 12.0 Å². The van der Waals surface area contributed by atoms with Gasteiger partial charge in [0.25, 0.3) is 5.91 Å². The van der Waals surface area contributed by atoms with E-state index >= 15 is 0 Å². The lowest BCUT2D eigenvalue weighted by Crippen LogP contribution is -2.41. The van der Waals surface area contributed by atoms with E-state index in [4.69, 9.17) is 4.74 Å². The summed E-state index contributed by atoms with van der Waals surface area (Å²) in [6.45, 7) is 0. The Morgan fingerprint density at radius 1 is 1.25 bits per heavy atom. The van der Waals surface area contributed by atoms with Crippen LogP contribution in [0, 0.1) is 0 Å². The third kappa shape index (κ3) is 5.09. The average molecular weight is 313 g/mol. The summed E-state index contributed by atoms with van der Waals surface area (Å²) in [6.07, 6.45) is 4.49. The van der Waals surface area contributed by atoms with Crippen LogP contribution in [0.1, 0.15) is 16.8 Å². The predicted molar refractivity (Wildman–Crippen MR) is 84.5 cm³/mol. The summed E-state index contributed by atoms with van der Waals surface area (Å²) in [6, 6.07) is 6.68. The summed E-state index contributed by atoms with van der Waals surface area (Å²) in [5.41, 5.74) is 0.542. The highest BCUT2D eigenvalue weighted by molar-refractivity contribution is 7.98. The highest BCUT2D eigenvalue weighted by Crippen LogP contribution is 2.15. The molecule has 0 fully saturated rings. The Morgan fingerprint density at radius 2 is 1.90 bits per heavy atom. The van der Waals surface area contributed by atoms with Gasteiger partial charge in [0.05, 0.1) is 7.11 Å². The zero-order chi connectivity index (χ0) is 15.0. The van der Waals surface area contributed by atoms with Crippen LogP contribution >= 0.6 is 23.5 Å². The quantitative estimate of drug-likeness (QED) is 0.619. The van der Waals surface area contributed by atoms with Gasteiger partial charge < -0.3 is 10.1 Å². The van der Waals surface area contributed by atoms with E-state index in [1.165, 1.54) is 7.11 Å². The standard InChI is InChI=1S/C14H19NO3S2/c1-18-14(17)12(8-9-19-2)15-13(16)10-4-6-11(20-3)7-5-10/h4-7,12H,8-9H2,1-3H3,(H,15,16)/t12-/m0/s1. The third-order valence-electron chi connectivity index (χ3n) is 2.75. The molecule has 20 heavy (non-hydrogen) atoms. The number of hydrogen-bond donors (Lipinski definition) is 1. The molecule has 0 bridgehead atoms. The van der Waals surface area contributed by atoms with Gasteiger partial charge in [0.2, 0.25) is 0 Å². The Bertz CT molecular complexity index is 448. The van der Waals surface area contributed by atoms with Crippen LogP contribution in [0.2, 0.25) is 0 Å². The molecular weight excluding hydrogens is 294 g/mol. The molecule has 0 unspecified atom stereocenters. The highest BCUT2D eigenvalue weighted by Gasteiger charge is 2.21. The molecule has 110 valence electrons. The number of hydrogen-bond acceptors (Lipinski definition) is 5. The fourth-order valence-electron chi connectivity index (χ4n) is 1.61. The molecule has 1 N–H and O–H groups in total. The topological polar surface area (TPSA) is 55.4 Å². The Kier molecular flexibility index (Phi) is 7.54. The molecule has 1 amide bonds. The van der Waals surface area contributed by atoms with Crippen molar-refractivity contribution >= 4 is 35.4 Å². The van der Waals surface area contributed by atoms with Gasteiger partial charge in [0, 0.05) is 10.5 Å². The van der Waals surface area contributed by atoms with Crippen LogP contribution in [0.3, 0.4) is 0 Å². The van der Waals surface area contributed by atoms with Crippen molar-refractivity contribution in [2.75, 3.05) is 25.4 Å². The van der Waals surface area contributed by atoms with E-state index in [9.17, 15) is 9.59 Å². The molecule has 0 saturated heterocycles. The van der Waals surface area contributed by atoms with E-state index in [0.29, 0.717) is 12.0 Å². The molecule has 0 aliphatic rings. The number of amides is 1. The lowest BCUT2D eigenvalue weighted by Gasteiger charge is -2.16. The van der Waals surface area contributed by atoms with Crippen molar-refractivity contribution in [3.05, 3.63) is 29.8 Å². The first-order chi connectivity index (χ1) is 9.62. The summed E-state index contributed by atoms with van der Waals surface area (Å²) < 4.78 is 4.72. The maximum Gasteiger partial charge on any atom is 0.328 e. The van der Waals surface area contributed by atoms with Crippen molar-refractivity contribution in [3.8, 4) is 0 Å². The van der Waals surface area contributed by atoms with Gasteiger partial charge in [0.15, 0.2) is 0 Å². The Labute approximate surface area is 128 Å². The minimum Gasteiger partial charge on any atom is -0.467 e. The second-order valence-corrected chi connectivity index (χ2v) is 5.92. The normalized spacial score (nSPS) is 11.8. The summed E-state index contributed by atoms with van der Waals surface area (Å²) in [5, 5.41) is 2.72. The minimum atomic E-state index is -0.597. The molecule has 4 nitrogen and oxygen atoms in total. The van der Waals surface area contributed by atoms with E-state index in [1.54, 1.807) is 35.7 Å². The smallest absolute Gasteiger partial charge is 0.328 e. The monoisotopic (exact) mass is 313 g/mol. The molecule has 0 aromatic heterocycles. The molecule has 0 spiro atoms. The van der Waals surface area contributed by atoms with Gasteiger partial charge in [0.1, 0.15) is 6.04 Å². The van der Waals surface area contributed by atoms with Crippen molar-refractivity contribution in [3.63, 3.8) is 0 Å². The summed E-state index contributed by atoms with van der Waals surface area (Å²) in [4.78, 5) is 24.8. The van der Waals surface area contributed by atoms with Gasteiger partial charge in [-0.3, -0.25) is 4.79 Å². The molecule has 1 rings (SSSR count). The zero-order valence-electron chi connectivity index (χ0n) is 11.8. The van der Waals surface area contributed by atoms with Crippen LogP contribution in [-0.2, 0) is 9.53 Å². The Morgan fingerprint density at radius 3 is 2.40 bits per heavy atom. The van der Waals surface area contributed by atoms with E-state index in [0.717, 1.165) is 10.6 Å². The Hall–Kier alpha value is -1.14. The molecule has 0 aliphatic heterocycles. The molecule has 1 atom stereocenters. The SMILES string of the molecule is COC(=O)[C@H](CCSC)NC(=O)c1ccc(SC)cc1. The van der Waals surface area contributed by atoms with Crippen molar-refractivity contribution in [1.82, 2.24) is 5.32 Å². The molecule has 1 aromatic rings. The van der Waals surface area contributed by atoms with Crippen LogP contribution in [0.5, 0.6) is 0 Å². The maximum absolute atomic E-state index is 12.1. The van der Waals surface area contributed by atoms with Gasteiger partial charge in [-0.05, 0) is 49.0 Å². The van der Waals surface area contributed by atoms with Gasteiger partial charge in [-0.15, -0.1) is 11.8 Å². The van der Waals surface area contributed by atoms with E-state index in [2.05, 4.69) is 5.32 Å². The first-order valence-electron chi connectivity index (χ1n) is 6.14. The van der Waals surface area contributed by atoms with Crippen LogP contribution < -0.4 is 5.32 Å². The van der Waals surface area contributed by atoms with Gasteiger partial charge >= 0.3 is 5.97 Å². The predicted octanol–water partition coefficient (Wildman–Crippen LogP) is 2.43. The number of methoxy groups -OCH3 is 1. The number of esters is 1. The lowest BCUT2D eigenvalue weighted by atomic mass is 10.1. The number of benzene rings is 1. The summed E-state index contributed by atoms with van der Waals surface area (Å²) >= 11 is 3.24. The lowest BCUT2D eigenvalue weighted by molar-refractivity contribution is -0.142. The first-order valence-corrected chi connectivity index (χ1v) is 8.76. The number of rotatable bonds is 7. The second kappa shape index (κ2) is 8.92. The van der Waals surface area contributed by atoms with Gasteiger partial charge in [-0.1, -0.05) is 0 Å². The van der Waals surface area contributed by atoms with Crippen LogP contribution in [-0.4, -0.2) is 43.3 Å². The molecular formula is C14H19NO3S2. The van der Waals surface area contributed by atoms with Crippen molar-refractivity contribution < 1.29 is 14.3 Å². The summed E-state index contributed by atoms with van der Waals surface area (Å²) in [5.74, 6) is 0.119. The maximum atomic E-state index is 12.1. The number of nitrogens with one attached hydrogen (secondary N) is 1. The molecule has 0 radical (unpaired) electrons. The van der Waals surface area contributed by atoms with Gasteiger partial charge in [-0.25, -0.2) is 4.79 Å². The number of carbonyl (C=O) groups is 2. The van der Waals surface area contributed by atoms with E-state index in [1.807, 2.05) is 24.6 Å². The second-order valence-electron chi connectivity index (χ2n) is 4.06. The molecule has 6 heteroatoms. The summed E-state index contributed by atoms with van der Waals surface area (Å²) in [7, 11) is 1.33. The number of carbonyl (C=O) groups excluding carboxylic acids is 2. The Balaban J connectivity index is 2.70. The van der Waals surface area contributed by atoms with Crippen LogP contribution in [0.25, 0.3) is 0 Å². The van der Waals surface area contributed by atoms with E-state index in [-0.39, 0.29) is 5.91 Å². The zero-order valence-corrected chi connectivity index (χ0v) is 13.5. The van der Waals surface area contributed by atoms with Crippen LogP contribution in [0.15, 0.2) is 29.2 Å². The third-order valence-corrected chi connectivity index (χ3v) is 4.14. The van der Waals surface area contributed by atoms with Crippen LogP contribution in [0.4, 0.5) is 0 Å².